The number of hydrogen-bond acceptors (Lipinski definition) is 5. The molecule has 1 saturated heterocycles. The number of likely N-dealkylation sites (N-methyl/N-ethyl adjacent to an activating group) is 2. The number of ether oxygens (including phenoxy) is 1. The lowest BCUT2D eigenvalue weighted by Gasteiger charge is -2.39. The third kappa shape index (κ3) is 7.61. The van der Waals surface area contributed by atoms with Gasteiger partial charge < -0.3 is 15.0 Å². The summed E-state index contributed by atoms with van der Waals surface area (Å²) in [6.07, 6.45) is 5.58. The summed E-state index contributed by atoms with van der Waals surface area (Å²) in [5, 5.41) is 3.06. The Morgan fingerprint density at radius 3 is 2.34 bits per heavy atom. The molecule has 0 aliphatic carbocycles. The smallest absolute Gasteiger partial charge is 0.333 e. The summed E-state index contributed by atoms with van der Waals surface area (Å²) in [5.74, 6) is -0.480. The van der Waals surface area contributed by atoms with Crippen molar-refractivity contribution in [1.29, 1.82) is 0 Å². The average Bonchev–Trinajstić information content (AvgIpc) is 2.73. The maximum Gasteiger partial charge on any atom is 0.333 e. The minimum Gasteiger partial charge on any atom is -0.463 e. The summed E-state index contributed by atoms with van der Waals surface area (Å²) < 4.78 is 5.12. The fraction of sp³-hybridized carbons (Fsp3) is 0.800. The molecule has 0 bridgehead atoms. The summed E-state index contributed by atoms with van der Waals surface area (Å²) >= 11 is 0. The van der Waals surface area contributed by atoms with Gasteiger partial charge in [-0.15, -0.1) is 0 Å². The zero-order valence-corrected chi connectivity index (χ0v) is 21.7. The maximum absolute atomic E-state index is 13.7. The second kappa shape index (κ2) is 12.4. The lowest BCUT2D eigenvalue weighted by Crippen LogP contribution is -2.59. The van der Waals surface area contributed by atoms with Gasteiger partial charge >= 0.3 is 5.97 Å². The predicted molar refractivity (Wildman–Crippen MR) is 128 cm³/mol. The Balaban J connectivity index is 3.16. The van der Waals surface area contributed by atoms with Crippen molar-refractivity contribution in [2.45, 2.75) is 92.3 Å². The van der Waals surface area contributed by atoms with E-state index in [4.69, 9.17) is 4.74 Å². The van der Waals surface area contributed by atoms with E-state index in [1.165, 1.54) is 0 Å². The molecule has 1 rings (SSSR count). The number of hydrogen-bond donors (Lipinski definition) is 1. The van der Waals surface area contributed by atoms with E-state index in [1.807, 2.05) is 33.9 Å². The molecule has 1 heterocycles. The Bertz CT molecular complexity index is 683. The molecule has 1 aliphatic rings. The summed E-state index contributed by atoms with van der Waals surface area (Å²) in [5.41, 5.74) is 0.0192. The fourth-order valence-electron chi connectivity index (χ4n) is 4.11. The molecule has 32 heavy (non-hydrogen) atoms. The Morgan fingerprint density at radius 1 is 1.22 bits per heavy atom. The van der Waals surface area contributed by atoms with Crippen LogP contribution in [0.3, 0.4) is 0 Å². The molecule has 2 amide bonds. The lowest BCUT2D eigenvalue weighted by atomic mass is 9.84. The van der Waals surface area contributed by atoms with Crippen molar-refractivity contribution in [1.82, 2.24) is 15.1 Å². The van der Waals surface area contributed by atoms with Gasteiger partial charge in [0.25, 0.3) is 0 Å². The molecule has 0 aromatic heterocycles. The van der Waals surface area contributed by atoms with E-state index in [2.05, 4.69) is 24.1 Å². The standard InChI is InChI=1S/C25H45N3O4/c1-10-17(3)20(16-18(4)24(31)32-11-2)28(9)23(30)21(25(5,6)7)26-22(29)19-14-12-13-15-27(19)8/h16-17,19-21H,10-15H2,1-9H3,(H,26,29)/t17?,19-,20-,21-/m1/s1. The Hall–Kier alpha value is -1.89. The molecule has 0 aromatic carbocycles. The van der Waals surface area contributed by atoms with Crippen LogP contribution in [0.4, 0.5) is 0 Å². The Kier molecular flexibility index (Phi) is 10.9. The topological polar surface area (TPSA) is 79.0 Å². The van der Waals surface area contributed by atoms with E-state index >= 15 is 0 Å². The number of carbonyl (C=O) groups is 3. The molecule has 1 N–H and O–H groups in total. The van der Waals surface area contributed by atoms with Gasteiger partial charge in [0.2, 0.25) is 11.8 Å². The van der Waals surface area contributed by atoms with Crippen LogP contribution < -0.4 is 5.32 Å². The van der Waals surface area contributed by atoms with Gasteiger partial charge in [0.15, 0.2) is 0 Å². The number of carbonyl (C=O) groups excluding carboxylic acids is 3. The van der Waals surface area contributed by atoms with Crippen LogP contribution in [0.5, 0.6) is 0 Å². The van der Waals surface area contributed by atoms with Crippen molar-refractivity contribution < 1.29 is 19.1 Å². The van der Waals surface area contributed by atoms with Gasteiger partial charge in [-0.25, -0.2) is 4.79 Å². The van der Waals surface area contributed by atoms with Gasteiger partial charge in [-0.3, -0.25) is 14.5 Å². The van der Waals surface area contributed by atoms with E-state index in [-0.39, 0.29) is 35.8 Å². The highest BCUT2D eigenvalue weighted by Crippen LogP contribution is 2.25. The van der Waals surface area contributed by atoms with E-state index in [1.54, 1.807) is 25.8 Å². The van der Waals surface area contributed by atoms with Crippen molar-refractivity contribution in [2.24, 2.45) is 11.3 Å². The molecule has 1 fully saturated rings. The number of nitrogens with one attached hydrogen (secondary N) is 1. The molecule has 0 radical (unpaired) electrons. The first-order valence-electron chi connectivity index (χ1n) is 12.0. The number of esters is 1. The minimum atomic E-state index is -0.668. The largest absolute Gasteiger partial charge is 0.463 e. The SMILES string of the molecule is CCOC(=O)C(C)=C[C@H](C(C)CC)N(C)C(=O)[C@@H](NC(=O)[C@H]1CCCCN1C)C(C)(C)C. The number of amides is 2. The maximum atomic E-state index is 13.7. The average molecular weight is 452 g/mol. The van der Waals surface area contributed by atoms with Gasteiger partial charge in [0.05, 0.1) is 18.7 Å². The molecule has 184 valence electrons. The Morgan fingerprint density at radius 2 is 1.84 bits per heavy atom. The van der Waals surface area contributed by atoms with E-state index < -0.39 is 11.5 Å². The third-order valence-electron chi connectivity index (χ3n) is 6.51. The third-order valence-corrected chi connectivity index (χ3v) is 6.51. The molecule has 4 atom stereocenters. The van der Waals surface area contributed by atoms with Crippen LogP contribution in [0.15, 0.2) is 11.6 Å². The Labute approximate surface area is 194 Å². The number of rotatable bonds is 9. The fourth-order valence-corrected chi connectivity index (χ4v) is 4.11. The van der Waals surface area contributed by atoms with Crippen molar-refractivity contribution in [3.8, 4) is 0 Å². The molecule has 7 heteroatoms. The minimum absolute atomic E-state index is 0.0905. The second-order valence-electron chi connectivity index (χ2n) is 10.2. The molecular formula is C25H45N3O4. The zero-order valence-electron chi connectivity index (χ0n) is 21.7. The van der Waals surface area contributed by atoms with Crippen LogP contribution in [-0.2, 0) is 19.1 Å². The van der Waals surface area contributed by atoms with Crippen molar-refractivity contribution >= 4 is 17.8 Å². The predicted octanol–water partition coefficient (Wildman–Crippen LogP) is 3.38. The highest BCUT2D eigenvalue weighted by molar-refractivity contribution is 5.91. The molecule has 0 saturated carbocycles. The van der Waals surface area contributed by atoms with Crippen molar-refractivity contribution in [3.63, 3.8) is 0 Å². The summed E-state index contributed by atoms with van der Waals surface area (Å²) in [6, 6.07) is -1.16. The van der Waals surface area contributed by atoms with Crippen molar-refractivity contribution in [2.75, 3.05) is 27.2 Å². The summed E-state index contributed by atoms with van der Waals surface area (Å²) in [7, 11) is 3.72. The highest BCUT2D eigenvalue weighted by Gasteiger charge is 2.39. The molecule has 0 spiro atoms. The lowest BCUT2D eigenvalue weighted by molar-refractivity contribution is -0.142. The first-order valence-corrected chi connectivity index (χ1v) is 12.0. The van der Waals surface area contributed by atoms with Gasteiger partial charge in [-0.1, -0.05) is 53.5 Å². The van der Waals surface area contributed by atoms with Crippen LogP contribution in [0.25, 0.3) is 0 Å². The van der Waals surface area contributed by atoms with E-state index in [9.17, 15) is 14.4 Å². The molecule has 1 unspecified atom stereocenters. The number of nitrogens with zero attached hydrogens (tertiary/aromatic N) is 2. The highest BCUT2D eigenvalue weighted by atomic mass is 16.5. The van der Waals surface area contributed by atoms with Gasteiger partial charge in [-0.05, 0) is 51.6 Å². The number of piperidine rings is 1. The molecule has 7 nitrogen and oxygen atoms in total. The normalized spacial score (nSPS) is 20.8. The molecule has 1 aliphatic heterocycles. The first-order chi connectivity index (χ1) is 14.8. The molecular weight excluding hydrogens is 406 g/mol. The van der Waals surface area contributed by atoms with Crippen LogP contribution in [0.1, 0.15) is 74.1 Å². The van der Waals surface area contributed by atoms with Gasteiger partial charge in [0, 0.05) is 12.6 Å². The quantitative estimate of drug-likeness (QED) is 0.429. The first kappa shape index (κ1) is 28.1. The summed E-state index contributed by atoms with van der Waals surface area (Å²) in [6.45, 7) is 14.7. The van der Waals surface area contributed by atoms with Crippen LogP contribution in [0.2, 0.25) is 0 Å². The van der Waals surface area contributed by atoms with Crippen molar-refractivity contribution in [3.05, 3.63) is 11.6 Å². The van der Waals surface area contributed by atoms with Crippen LogP contribution in [-0.4, -0.2) is 73.0 Å². The van der Waals surface area contributed by atoms with Crippen LogP contribution in [0, 0.1) is 11.3 Å². The summed E-state index contributed by atoms with van der Waals surface area (Å²) in [4.78, 5) is 42.7. The number of likely N-dealkylation sites (tertiary alicyclic amines) is 1. The monoisotopic (exact) mass is 451 g/mol. The van der Waals surface area contributed by atoms with E-state index in [0.29, 0.717) is 12.2 Å². The van der Waals surface area contributed by atoms with Gasteiger partial charge in [0.1, 0.15) is 6.04 Å². The van der Waals surface area contributed by atoms with Gasteiger partial charge in [-0.2, -0.15) is 0 Å². The molecule has 0 aromatic rings. The van der Waals surface area contributed by atoms with Crippen LogP contribution >= 0.6 is 0 Å². The van der Waals surface area contributed by atoms with E-state index in [0.717, 1.165) is 32.2 Å². The second-order valence-corrected chi connectivity index (χ2v) is 10.2. The zero-order chi connectivity index (χ0) is 24.6.